The van der Waals surface area contributed by atoms with Crippen molar-refractivity contribution in [3.63, 3.8) is 0 Å². The van der Waals surface area contributed by atoms with Gasteiger partial charge in [-0.2, -0.15) is 0 Å². The van der Waals surface area contributed by atoms with Crippen LogP contribution >= 0.6 is 11.5 Å². The largest absolute Gasteiger partial charge is 0.320 e. The maximum absolute atomic E-state index is 6.26. The van der Waals surface area contributed by atoms with E-state index in [1.165, 1.54) is 36.4 Å². The van der Waals surface area contributed by atoms with Crippen molar-refractivity contribution in [2.45, 2.75) is 38.1 Å². The first-order chi connectivity index (χ1) is 8.75. The lowest BCUT2D eigenvalue weighted by Gasteiger charge is -2.26. The summed E-state index contributed by atoms with van der Waals surface area (Å²) in [7, 11) is 0. The zero-order valence-corrected chi connectivity index (χ0v) is 11.3. The van der Waals surface area contributed by atoms with E-state index in [1.54, 1.807) is 0 Å². The average Bonchev–Trinajstić information content (AvgIpc) is 2.73. The monoisotopic (exact) mass is 259 g/mol. The molecule has 2 N–H and O–H groups in total. The molecule has 18 heavy (non-hydrogen) atoms. The molecule has 1 aromatic heterocycles. The zero-order chi connectivity index (χ0) is 12.5. The zero-order valence-electron chi connectivity index (χ0n) is 10.5. The molecule has 1 atom stereocenters. The summed E-state index contributed by atoms with van der Waals surface area (Å²) in [4.78, 5) is 1.06. The Morgan fingerprint density at radius 3 is 2.50 bits per heavy atom. The molecule has 0 radical (unpaired) electrons. The highest BCUT2D eigenvalue weighted by atomic mass is 32.1. The number of nitrogens with two attached hydrogens (primary N) is 1. The van der Waals surface area contributed by atoms with Crippen molar-refractivity contribution in [3.8, 4) is 0 Å². The van der Waals surface area contributed by atoms with Gasteiger partial charge in [-0.15, -0.1) is 5.10 Å². The Hall–Kier alpha value is -1.26. The topological polar surface area (TPSA) is 51.8 Å². The molecule has 4 heteroatoms. The van der Waals surface area contributed by atoms with E-state index in [2.05, 4.69) is 33.9 Å². The predicted molar refractivity (Wildman–Crippen MR) is 73.7 cm³/mol. The smallest absolute Gasteiger partial charge is 0.0776 e. The third kappa shape index (κ3) is 2.06. The summed E-state index contributed by atoms with van der Waals surface area (Å²) < 4.78 is 3.95. The molecule has 1 aliphatic carbocycles. The molecule has 0 amide bonds. The first-order valence-electron chi connectivity index (χ1n) is 6.40. The summed E-state index contributed by atoms with van der Waals surface area (Å²) in [6, 6.07) is 8.65. The molecule has 1 saturated carbocycles. The minimum absolute atomic E-state index is 0.0968. The van der Waals surface area contributed by atoms with Gasteiger partial charge in [0.2, 0.25) is 0 Å². The minimum atomic E-state index is -0.0968. The highest BCUT2D eigenvalue weighted by molar-refractivity contribution is 7.05. The van der Waals surface area contributed by atoms with Gasteiger partial charge in [0.1, 0.15) is 0 Å². The third-order valence-electron chi connectivity index (χ3n) is 3.84. The molecule has 0 saturated heterocycles. The number of rotatable bonds is 3. The lowest BCUT2D eigenvalue weighted by atomic mass is 9.80. The number of nitrogens with zero attached hydrogens (tertiary/aromatic N) is 2. The summed E-state index contributed by atoms with van der Waals surface area (Å²) in [5.41, 5.74) is 9.81. The van der Waals surface area contributed by atoms with Crippen LogP contribution < -0.4 is 5.73 Å². The average molecular weight is 259 g/mol. The van der Waals surface area contributed by atoms with Gasteiger partial charge in [0.25, 0.3) is 0 Å². The quantitative estimate of drug-likeness (QED) is 0.921. The Balaban J connectivity index is 1.82. The van der Waals surface area contributed by atoms with Crippen LogP contribution in [-0.2, 0) is 0 Å². The SMILES string of the molecule is Cc1nnsc1C(N)c1ccc(C2CCC2)cc1. The molecule has 1 aliphatic rings. The normalized spacial score (nSPS) is 17.4. The van der Waals surface area contributed by atoms with Gasteiger partial charge in [-0.3, -0.25) is 0 Å². The number of aromatic nitrogens is 2. The van der Waals surface area contributed by atoms with Crippen molar-refractivity contribution in [3.05, 3.63) is 46.0 Å². The predicted octanol–water partition coefficient (Wildman–Crippen LogP) is 3.16. The van der Waals surface area contributed by atoms with E-state index in [1.807, 2.05) is 6.92 Å². The Bertz CT molecular complexity index is 528. The van der Waals surface area contributed by atoms with Crippen LogP contribution in [0.3, 0.4) is 0 Å². The van der Waals surface area contributed by atoms with Gasteiger partial charge >= 0.3 is 0 Å². The van der Waals surface area contributed by atoms with Crippen molar-refractivity contribution < 1.29 is 0 Å². The first kappa shape index (κ1) is 11.8. The molecule has 94 valence electrons. The Morgan fingerprint density at radius 2 is 2.00 bits per heavy atom. The molecule has 0 bridgehead atoms. The lowest BCUT2D eigenvalue weighted by Crippen LogP contribution is -2.12. The maximum Gasteiger partial charge on any atom is 0.0776 e. The van der Waals surface area contributed by atoms with Gasteiger partial charge in [-0.05, 0) is 48.3 Å². The molecule has 3 nitrogen and oxygen atoms in total. The second-order valence-electron chi connectivity index (χ2n) is 4.99. The molecular formula is C14H17N3S. The molecule has 2 aromatic rings. The van der Waals surface area contributed by atoms with Crippen LogP contribution in [0, 0.1) is 6.92 Å². The Morgan fingerprint density at radius 1 is 1.28 bits per heavy atom. The highest BCUT2D eigenvalue weighted by Gasteiger charge is 2.20. The minimum Gasteiger partial charge on any atom is -0.320 e. The van der Waals surface area contributed by atoms with Gasteiger partial charge in [0, 0.05) is 0 Å². The second-order valence-corrected chi connectivity index (χ2v) is 5.78. The summed E-state index contributed by atoms with van der Waals surface area (Å²) >= 11 is 1.39. The van der Waals surface area contributed by atoms with E-state index < -0.39 is 0 Å². The molecule has 1 fully saturated rings. The van der Waals surface area contributed by atoms with Crippen LogP contribution in [0.25, 0.3) is 0 Å². The van der Waals surface area contributed by atoms with Gasteiger partial charge in [0.05, 0.1) is 16.6 Å². The van der Waals surface area contributed by atoms with Crippen LogP contribution in [0.5, 0.6) is 0 Å². The van der Waals surface area contributed by atoms with Gasteiger partial charge in [-0.1, -0.05) is 35.2 Å². The van der Waals surface area contributed by atoms with Crippen molar-refractivity contribution in [2.24, 2.45) is 5.73 Å². The van der Waals surface area contributed by atoms with Crippen molar-refractivity contribution in [2.75, 3.05) is 0 Å². The number of hydrogen-bond acceptors (Lipinski definition) is 4. The third-order valence-corrected chi connectivity index (χ3v) is 4.75. The fourth-order valence-electron chi connectivity index (χ4n) is 2.39. The van der Waals surface area contributed by atoms with Crippen LogP contribution in [0.2, 0.25) is 0 Å². The van der Waals surface area contributed by atoms with Gasteiger partial charge in [-0.25, -0.2) is 0 Å². The standard InChI is InChI=1S/C14H17N3S/c1-9-14(18-17-16-9)13(15)12-7-5-11(6-8-12)10-3-2-4-10/h5-8,10,13H,2-4,15H2,1H3. The molecular weight excluding hydrogens is 242 g/mol. The van der Waals surface area contributed by atoms with E-state index in [4.69, 9.17) is 5.73 Å². The van der Waals surface area contributed by atoms with Crippen molar-refractivity contribution >= 4 is 11.5 Å². The van der Waals surface area contributed by atoms with E-state index in [0.717, 1.165) is 22.1 Å². The molecule has 1 unspecified atom stereocenters. The second kappa shape index (κ2) is 4.78. The van der Waals surface area contributed by atoms with E-state index in [9.17, 15) is 0 Å². The van der Waals surface area contributed by atoms with Gasteiger partial charge < -0.3 is 5.73 Å². The molecule has 0 aliphatic heterocycles. The van der Waals surface area contributed by atoms with Crippen LogP contribution in [-0.4, -0.2) is 9.59 Å². The maximum atomic E-state index is 6.26. The number of hydrogen-bond donors (Lipinski definition) is 1. The number of aryl methyl sites for hydroxylation is 1. The van der Waals surface area contributed by atoms with E-state index in [-0.39, 0.29) is 6.04 Å². The van der Waals surface area contributed by atoms with Crippen molar-refractivity contribution in [1.82, 2.24) is 9.59 Å². The summed E-state index contributed by atoms with van der Waals surface area (Å²) in [5, 5.41) is 4.02. The highest BCUT2D eigenvalue weighted by Crippen LogP contribution is 2.36. The van der Waals surface area contributed by atoms with Crippen LogP contribution in [0.15, 0.2) is 24.3 Å². The Kier molecular flexibility index (Phi) is 3.14. The van der Waals surface area contributed by atoms with Crippen LogP contribution in [0.1, 0.15) is 52.9 Å². The van der Waals surface area contributed by atoms with Crippen molar-refractivity contribution in [1.29, 1.82) is 0 Å². The molecule has 1 heterocycles. The molecule has 0 spiro atoms. The Labute approximate surface area is 111 Å². The van der Waals surface area contributed by atoms with E-state index in [0.29, 0.717) is 0 Å². The number of benzene rings is 1. The fourth-order valence-corrected chi connectivity index (χ4v) is 3.07. The van der Waals surface area contributed by atoms with E-state index >= 15 is 0 Å². The summed E-state index contributed by atoms with van der Waals surface area (Å²) in [6.45, 7) is 1.96. The first-order valence-corrected chi connectivity index (χ1v) is 7.17. The van der Waals surface area contributed by atoms with Crippen LogP contribution in [0.4, 0.5) is 0 Å². The fraction of sp³-hybridized carbons (Fsp3) is 0.429. The summed E-state index contributed by atoms with van der Waals surface area (Å²) in [6.07, 6.45) is 4.05. The molecule has 1 aromatic carbocycles. The molecule has 3 rings (SSSR count). The summed E-state index contributed by atoms with van der Waals surface area (Å²) in [5.74, 6) is 0.780. The lowest BCUT2D eigenvalue weighted by molar-refractivity contribution is 0.419. The van der Waals surface area contributed by atoms with Gasteiger partial charge in [0.15, 0.2) is 0 Å².